The molecule has 0 saturated heterocycles. The molecule has 3 heteroatoms. The van der Waals surface area contributed by atoms with Crippen molar-refractivity contribution in [2.24, 2.45) is 0 Å². The lowest BCUT2D eigenvalue weighted by molar-refractivity contribution is 1.31. The average molecular weight is 183 g/mol. The summed E-state index contributed by atoms with van der Waals surface area (Å²) >= 11 is 0. The fourth-order valence-corrected chi connectivity index (χ4v) is 1.38. The minimum absolute atomic E-state index is 0.667. The van der Waals surface area contributed by atoms with Gasteiger partial charge in [0, 0.05) is 5.56 Å². The van der Waals surface area contributed by atoms with Gasteiger partial charge in [0.05, 0.1) is 29.9 Å². The first-order chi connectivity index (χ1) is 6.81. The molecular weight excluding hydrogens is 174 g/mol. The molecule has 0 atom stereocenters. The third-order valence-corrected chi connectivity index (χ3v) is 2.08. The van der Waals surface area contributed by atoms with Crippen molar-refractivity contribution in [2.45, 2.75) is 6.92 Å². The van der Waals surface area contributed by atoms with E-state index in [1.54, 1.807) is 12.5 Å². The Balaban J connectivity index is 2.63. The molecule has 14 heavy (non-hydrogen) atoms. The van der Waals surface area contributed by atoms with Crippen LogP contribution in [0.15, 0.2) is 30.7 Å². The van der Waals surface area contributed by atoms with E-state index >= 15 is 0 Å². The maximum atomic E-state index is 8.92. The van der Waals surface area contributed by atoms with E-state index in [9.17, 15) is 0 Å². The molecule has 0 aliphatic carbocycles. The normalized spacial score (nSPS) is 9.71. The summed E-state index contributed by atoms with van der Waals surface area (Å²) in [6.45, 7) is 2.00. The van der Waals surface area contributed by atoms with Crippen molar-refractivity contribution < 1.29 is 0 Å². The van der Waals surface area contributed by atoms with Crippen LogP contribution in [0.25, 0.3) is 11.3 Å². The number of aryl methyl sites for hydroxylation is 1. The van der Waals surface area contributed by atoms with Crippen molar-refractivity contribution in [1.82, 2.24) is 9.97 Å². The van der Waals surface area contributed by atoms with Crippen molar-refractivity contribution in [2.75, 3.05) is 0 Å². The second-order valence-corrected chi connectivity index (χ2v) is 3.13. The molecule has 68 valence electrons. The summed E-state index contributed by atoms with van der Waals surface area (Å²) in [7, 11) is 0. The SMILES string of the molecule is Cc1ccc(C#N)c(-c2cnc[nH]2)c1. The number of nitrogens with zero attached hydrogens (tertiary/aromatic N) is 2. The van der Waals surface area contributed by atoms with E-state index in [2.05, 4.69) is 16.0 Å². The van der Waals surface area contributed by atoms with Crippen LogP contribution in [0, 0.1) is 18.3 Å². The van der Waals surface area contributed by atoms with Gasteiger partial charge in [-0.2, -0.15) is 5.26 Å². The molecule has 0 fully saturated rings. The topological polar surface area (TPSA) is 52.5 Å². The minimum Gasteiger partial charge on any atom is -0.345 e. The molecule has 0 aliphatic rings. The Morgan fingerprint density at radius 1 is 1.43 bits per heavy atom. The van der Waals surface area contributed by atoms with Crippen LogP contribution in [0.1, 0.15) is 11.1 Å². The van der Waals surface area contributed by atoms with Crippen LogP contribution in [0.5, 0.6) is 0 Å². The summed E-state index contributed by atoms with van der Waals surface area (Å²) < 4.78 is 0. The Morgan fingerprint density at radius 2 is 2.29 bits per heavy atom. The molecule has 2 rings (SSSR count). The first kappa shape index (κ1) is 8.52. The number of H-pyrrole nitrogens is 1. The Bertz CT molecular complexity index is 478. The van der Waals surface area contributed by atoms with E-state index in [1.807, 2.05) is 25.1 Å². The summed E-state index contributed by atoms with van der Waals surface area (Å²) in [5, 5.41) is 8.92. The Morgan fingerprint density at radius 3 is 2.93 bits per heavy atom. The zero-order chi connectivity index (χ0) is 9.97. The molecule has 0 amide bonds. The molecule has 0 saturated carbocycles. The van der Waals surface area contributed by atoms with Crippen LogP contribution >= 0.6 is 0 Å². The molecule has 0 bridgehead atoms. The van der Waals surface area contributed by atoms with Crippen LogP contribution in [0.2, 0.25) is 0 Å². The highest BCUT2D eigenvalue weighted by Crippen LogP contribution is 2.21. The van der Waals surface area contributed by atoms with Crippen LogP contribution in [-0.2, 0) is 0 Å². The molecule has 2 aromatic rings. The molecule has 3 nitrogen and oxygen atoms in total. The van der Waals surface area contributed by atoms with Gasteiger partial charge in [-0.05, 0) is 19.1 Å². The highest BCUT2D eigenvalue weighted by molar-refractivity contribution is 5.67. The maximum Gasteiger partial charge on any atom is 0.0998 e. The summed E-state index contributed by atoms with van der Waals surface area (Å²) in [6.07, 6.45) is 3.33. The van der Waals surface area contributed by atoms with Gasteiger partial charge in [0.15, 0.2) is 0 Å². The van der Waals surface area contributed by atoms with Gasteiger partial charge < -0.3 is 4.98 Å². The number of nitrogens with one attached hydrogen (secondary N) is 1. The van der Waals surface area contributed by atoms with Gasteiger partial charge in [-0.25, -0.2) is 4.98 Å². The number of imidazole rings is 1. The fourth-order valence-electron chi connectivity index (χ4n) is 1.38. The molecule has 0 spiro atoms. The van der Waals surface area contributed by atoms with Gasteiger partial charge in [0.2, 0.25) is 0 Å². The second kappa shape index (κ2) is 3.35. The van der Waals surface area contributed by atoms with Crippen LogP contribution < -0.4 is 0 Å². The van der Waals surface area contributed by atoms with Crippen molar-refractivity contribution in [1.29, 1.82) is 5.26 Å². The van der Waals surface area contributed by atoms with Crippen molar-refractivity contribution in [3.8, 4) is 17.3 Å². The predicted octanol–water partition coefficient (Wildman–Crippen LogP) is 2.26. The molecule has 1 aromatic heterocycles. The quantitative estimate of drug-likeness (QED) is 0.737. The molecule has 1 heterocycles. The lowest BCUT2D eigenvalue weighted by Gasteiger charge is -2.01. The van der Waals surface area contributed by atoms with Gasteiger partial charge in [-0.3, -0.25) is 0 Å². The first-order valence-corrected chi connectivity index (χ1v) is 4.31. The van der Waals surface area contributed by atoms with Gasteiger partial charge >= 0.3 is 0 Å². The average Bonchev–Trinajstić information content (AvgIpc) is 2.70. The van der Waals surface area contributed by atoms with E-state index in [4.69, 9.17) is 5.26 Å². The predicted molar refractivity (Wildman–Crippen MR) is 53.5 cm³/mol. The Kier molecular flexibility index (Phi) is 2.04. The van der Waals surface area contributed by atoms with E-state index in [0.717, 1.165) is 16.8 Å². The Hall–Kier alpha value is -2.08. The minimum atomic E-state index is 0.667. The number of aromatic nitrogens is 2. The molecule has 0 radical (unpaired) electrons. The first-order valence-electron chi connectivity index (χ1n) is 4.31. The highest BCUT2D eigenvalue weighted by Gasteiger charge is 2.05. The lowest BCUT2D eigenvalue weighted by Crippen LogP contribution is -1.85. The van der Waals surface area contributed by atoms with Gasteiger partial charge in [-0.15, -0.1) is 0 Å². The Labute approximate surface area is 82.0 Å². The van der Waals surface area contributed by atoms with Gasteiger partial charge in [0.25, 0.3) is 0 Å². The smallest absolute Gasteiger partial charge is 0.0998 e. The number of hydrogen-bond acceptors (Lipinski definition) is 2. The van der Waals surface area contributed by atoms with Crippen molar-refractivity contribution in [3.05, 3.63) is 41.9 Å². The van der Waals surface area contributed by atoms with Crippen LogP contribution in [-0.4, -0.2) is 9.97 Å². The number of benzene rings is 1. The summed E-state index contributed by atoms with van der Waals surface area (Å²) in [5.74, 6) is 0. The third-order valence-electron chi connectivity index (χ3n) is 2.08. The second-order valence-electron chi connectivity index (χ2n) is 3.13. The van der Waals surface area contributed by atoms with Crippen LogP contribution in [0.3, 0.4) is 0 Å². The molecule has 1 aromatic carbocycles. The molecule has 0 unspecified atom stereocenters. The lowest BCUT2D eigenvalue weighted by atomic mass is 10.0. The summed E-state index contributed by atoms with van der Waals surface area (Å²) in [5.41, 5.74) is 3.59. The zero-order valence-corrected chi connectivity index (χ0v) is 7.78. The largest absolute Gasteiger partial charge is 0.345 e. The molecule has 0 aliphatic heterocycles. The van der Waals surface area contributed by atoms with E-state index < -0.39 is 0 Å². The fraction of sp³-hybridized carbons (Fsp3) is 0.0909. The number of nitriles is 1. The standard InChI is InChI=1S/C11H9N3/c1-8-2-3-9(5-12)10(4-8)11-6-13-7-14-11/h2-4,6-7H,1H3,(H,13,14). The molecule has 1 N–H and O–H groups in total. The third kappa shape index (κ3) is 1.38. The van der Waals surface area contributed by atoms with Crippen molar-refractivity contribution in [3.63, 3.8) is 0 Å². The number of aromatic amines is 1. The van der Waals surface area contributed by atoms with E-state index in [0.29, 0.717) is 5.56 Å². The van der Waals surface area contributed by atoms with E-state index in [1.165, 1.54) is 0 Å². The number of hydrogen-bond donors (Lipinski definition) is 1. The van der Waals surface area contributed by atoms with Crippen molar-refractivity contribution >= 4 is 0 Å². The van der Waals surface area contributed by atoms with Gasteiger partial charge in [-0.1, -0.05) is 11.6 Å². The van der Waals surface area contributed by atoms with Crippen LogP contribution in [0.4, 0.5) is 0 Å². The highest BCUT2D eigenvalue weighted by atomic mass is 14.9. The monoisotopic (exact) mass is 183 g/mol. The van der Waals surface area contributed by atoms with Gasteiger partial charge in [0.1, 0.15) is 0 Å². The maximum absolute atomic E-state index is 8.92. The summed E-state index contributed by atoms with van der Waals surface area (Å²) in [6, 6.07) is 7.90. The zero-order valence-electron chi connectivity index (χ0n) is 7.78. The van der Waals surface area contributed by atoms with E-state index in [-0.39, 0.29) is 0 Å². The molecular formula is C11H9N3. The number of rotatable bonds is 1. The summed E-state index contributed by atoms with van der Waals surface area (Å²) in [4.78, 5) is 6.93.